The Kier molecular flexibility index (Phi) is 7.39. The summed E-state index contributed by atoms with van der Waals surface area (Å²) in [7, 11) is -2.16. The fourth-order valence-electron chi connectivity index (χ4n) is 2.97. The van der Waals surface area contributed by atoms with Crippen molar-refractivity contribution in [2.24, 2.45) is 0 Å². The lowest BCUT2D eigenvalue weighted by atomic mass is 10.2. The Bertz CT molecular complexity index is 1040. The predicted molar refractivity (Wildman–Crippen MR) is 118 cm³/mol. The van der Waals surface area contributed by atoms with E-state index in [0.29, 0.717) is 11.1 Å². The van der Waals surface area contributed by atoms with Crippen molar-refractivity contribution < 1.29 is 18.7 Å². The Morgan fingerprint density at radius 3 is 1.71 bits per heavy atom. The third-order valence-electron chi connectivity index (χ3n) is 4.49. The number of rotatable bonds is 10. The quantitative estimate of drug-likeness (QED) is 0.267. The van der Waals surface area contributed by atoms with Crippen LogP contribution in [0.1, 0.15) is 16.7 Å². The summed E-state index contributed by atoms with van der Waals surface area (Å²) < 4.78 is 12.1. The molecule has 0 bridgehead atoms. The summed E-state index contributed by atoms with van der Waals surface area (Å²) in [4.78, 5) is 21.7. The van der Waals surface area contributed by atoms with Crippen LogP contribution in [0.5, 0.6) is 0 Å². The van der Waals surface area contributed by atoms with Gasteiger partial charge in [-0.3, -0.25) is 20.2 Å². The molecule has 3 rings (SSSR count). The minimum Gasteiger partial charge on any atom is -0.385 e. The highest BCUT2D eigenvalue weighted by atomic mass is 28.3. The third-order valence-corrected chi connectivity index (χ3v) is 6.20. The highest BCUT2D eigenvalue weighted by Gasteiger charge is 2.25. The van der Waals surface area contributed by atoms with Gasteiger partial charge in [-0.1, -0.05) is 61.2 Å². The molecule has 0 unspecified atom stereocenters. The van der Waals surface area contributed by atoms with Crippen molar-refractivity contribution in [1.29, 1.82) is 0 Å². The number of hydrogen-bond acceptors (Lipinski definition) is 6. The van der Waals surface area contributed by atoms with Crippen LogP contribution < -0.4 is 5.19 Å². The number of hydrogen-bond donors (Lipinski definition) is 0. The van der Waals surface area contributed by atoms with Gasteiger partial charge in [0.15, 0.2) is 0 Å². The fraction of sp³-hybridized carbons (Fsp3) is 0.0909. The van der Waals surface area contributed by atoms with Crippen LogP contribution in [0, 0.1) is 20.2 Å². The van der Waals surface area contributed by atoms with E-state index in [2.05, 4.69) is 6.58 Å². The van der Waals surface area contributed by atoms with Crippen molar-refractivity contribution >= 4 is 31.9 Å². The van der Waals surface area contributed by atoms with E-state index in [9.17, 15) is 20.2 Å². The summed E-state index contributed by atoms with van der Waals surface area (Å²) in [6.45, 7) is 3.74. The number of nitrogens with zero attached hydrogens (tertiary/aromatic N) is 2. The van der Waals surface area contributed by atoms with Crippen LogP contribution in [0.25, 0.3) is 6.08 Å². The molecule has 0 aliphatic heterocycles. The molecule has 0 N–H and O–H groups in total. The summed E-state index contributed by atoms with van der Waals surface area (Å²) in [6.07, 6.45) is 1.67. The van der Waals surface area contributed by atoms with Crippen LogP contribution >= 0.6 is 0 Å². The first-order valence-electron chi connectivity index (χ1n) is 9.30. The molecule has 0 spiro atoms. The zero-order chi connectivity index (χ0) is 22.2. The van der Waals surface area contributed by atoms with Crippen LogP contribution in [0.15, 0.2) is 79.4 Å². The van der Waals surface area contributed by atoms with Gasteiger partial charge in [-0.05, 0) is 17.7 Å². The van der Waals surface area contributed by atoms with Crippen molar-refractivity contribution in [1.82, 2.24) is 0 Å². The average Bonchev–Trinajstić information content (AvgIpc) is 2.79. The molecule has 3 aromatic carbocycles. The second kappa shape index (κ2) is 10.4. The molecular weight excluding hydrogens is 416 g/mol. The molecule has 0 amide bonds. The zero-order valence-corrected chi connectivity index (χ0v) is 17.5. The minimum atomic E-state index is -2.16. The summed E-state index contributed by atoms with van der Waals surface area (Å²) in [5.41, 5.74) is 1.56. The van der Waals surface area contributed by atoms with Gasteiger partial charge < -0.3 is 8.85 Å². The van der Waals surface area contributed by atoms with Gasteiger partial charge in [0.25, 0.3) is 11.4 Å². The highest BCUT2D eigenvalue weighted by Crippen LogP contribution is 2.21. The van der Waals surface area contributed by atoms with E-state index in [1.807, 2.05) is 24.3 Å². The van der Waals surface area contributed by atoms with Crippen molar-refractivity contribution in [3.05, 3.63) is 116 Å². The maximum atomic E-state index is 11.3. The summed E-state index contributed by atoms with van der Waals surface area (Å²) in [5.74, 6) is 0. The molecule has 0 aliphatic rings. The van der Waals surface area contributed by atoms with Crippen molar-refractivity contribution in [2.45, 2.75) is 13.2 Å². The second-order valence-corrected chi connectivity index (χ2v) is 8.12. The molecular formula is C22H19N2O6Si. The van der Waals surface area contributed by atoms with Gasteiger partial charge >= 0.3 is 9.28 Å². The van der Waals surface area contributed by atoms with Crippen molar-refractivity contribution in [3.8, 4) is 0 Å². The van der Waals surface area contributed by atoms with Gasteiger partial charge in [0, 0.05) is 17.3 Å². The largest absolute Gasteiger partial charge is 0.424 e. The number of para-hydroxylation sites is 2. The van der Waals surface area contributed by atoms with Crippen LogP contribution in [0.2, 0.25) is 0 Å². The minimum absolute atomic E-state index is 0.0339. The van der Waals surface area contributed by atoms with E-state index >= 15 is 0 Å². The molecule has 0 saturated heterocycles. The van der Waals surface area contributed by atoms with Gasteiger partial charge in [-0.25, -0.2) is 0 Å². The zero-order valence-electron chi connectivity index (χ0n) is 16.5. The third kappa shape index (κ3) is 5.48. The van der Waals surface area contributed by atoms with Crippen molar-refractivity contribution in [2.75, 3.05) is 0 Å². The fourth-order valence-corrected chi connectivity index (χ4v) is 4.59. The van der Waals surface area contributed by atoms with E-state index in [1.54, 1.807) is 42.5 Å². The van der Waals surface area contributed by atoms with E-state index in [1.165, 1.54) is 12.1 Å². The normalized spacial score (nSPS) is 10.7. The Morgan fingerprint density at radius 2 is 1.23 bits per heavy atom. The monoisotopic (exact) mass is 435 g/mol. The molecule has 0 aromatic heterocycles. The molecule has 1 radical (unpaired) electrons. The molecule has 3 aromatic rings. The highest BCUT2D eigenvalue weighted by molar-refractivity contribution is 6.62. The molecule has 31 heavy (non-hydrogen) atoms. The Morgan fingerprint density at radius 1 is 0.774 bits per heavy atom. The maximum absolute atomic E-state index is 11.3. The molecule has 8 nitrogen and oxygen atoms in total. The number of nitro benzene ring substituents is 2. The standard InChI is InChI=1S/C22H19N2O6Si/c1-2-17-9-5-8-14-22(17)31(29-15-18-10-3-6-12-20(18)23(25)26)30-16-19-11-4-7-13-21(19)24(27)28/h2-14H,1,15-16H2. The Labute approximate surface area is 180 Å². The molecule has 157 valence electrons. The van der Waals surface area contributed by atoms with E-state index in [0.717, 1.165) is 10.8 Å². The smallest absolute Gasteiger partial charge is 0.385 e. The van der Waals surface area contributed by atoms with Crippen LogP contribution in [0.3, 0.4) is 0 Å². The first kappa shape index (κ1) is 22.0. The molecule has 0 aliphatic carbocycles. The van der Waals surface area contributed by atoms with E-state index in [-0.39, 0.29) is 24.6 Å². The van der Waals surface area contributed by atoms with Gasteiger partial charge in [0.05, 0.1) is 34.2 Å². The number of benzene rings is 3. The van der Waals surface area contributed by atoms with E-state index < -0.39 is 19.1 Å². The Hall–Kier alpha value is -3.66. The summed E-state index contributed by atoms with van der Waals surface area (Å²) in [6, 6.07) is 20.0. The molecule has 0 fully saturated rings. The molecule has 0 saturated carbocycles. The topological polar surface area (TPSA) is 105 Å². The Balaban J connectivity index is 1.87. The molecule has 0 atom stereocenters. The SMILES string of the molecule is C=Cc1ccccc1[Si](OCc1ccccc1[N+](=O)[O-])OCc1ccccc1[N+](=O)[O-]. The first-order chi connectivity index (χ1) is 15.0. The van der Waals surface area contributed by atoms with Crippen LogP contribution in [0.4, 0.5) is 11.4 Å². The van der Waals surface area contributed by atoms with Crippen LogP contribution in [-0.2, 0) is 22.1 Å². The lowest BCUT2D eigenvalue weighted by Gasteiger charge is -2.18. The maximum Gasteiger partial charge on any atom is 0.424 e. The molecule has 0 heterocycles. The molecule has 9 heteroatoms. The van der Waals surface area contributed by atoms with Crippen molar-refractivity contribution in [3.63, 3.8) is 0 Å². The van der Waals surface area contributed by atoms with Gasteiger partial charge in [0.2, 0.25) is 0 Å². The van der Waals surface area contributed by atoms with Gasteiger partial charge in [0.1, 0.15) is 0 Å². The number of nitro groups is 2. The van der Waals surface area contributed by atoms with E-state index in [4.69, 9.17) is 8.85 Å². The predicted octanol–water partition coefficient (Wildman–Crippen LogP) is 4.27. The first-order valence-corrected chi connectivity index (χ1v) is 10.6. The average molecular weight is 435 g/mol. The lowest BCUT2D eigenvalue weighted by molar-refractivity contribution is -0.385. The summed E-state index contributed by atoms with van der Waals surface area (Å²) >= 11 is 0. The lowest BCUT2D eigenvalue weighted by Crippen LogP contribution is -2.38. The van der Waals surface area contributed by atoms with Gasteiger partial charge in [-0.15, -0.1) is 0 Å². The second-order valence-electron chi connectivity index (χ2n) is 6.43. The van der Waals surface area contributed by atoms with Crippen LogP contribution in [-0.4, -0.2) is 19.1 Å². The van der Waals surface area contributed by atoms with Gasteiger partial charge in [-0.2, -0.15) is 0 Å². The summed E-state index contributed by atoms with van der Waals surface area (Å²) in [5, 5.41) is 23.4.